The highest BCUT2D eigenvalue weighted by atomic mass is 79.9. The van der Waals surface area contributed by atoms with Crippen molar-refractivity contribution in [1.82, 2.24) is 5.43 Å². The van der Waals surface area contributed by atoms with Crippen LogP contribution < -0.4 is 11.3 Å². The molecule has 0 saturated carbocycles. The van der Waals surface area contributed by atoms with E-state index in [1.807, 2.05) is 0 Å². The lowest BCUT2D eigenvalue weighted by molar-refractivity contribution is 0.546. The molecule has 2 aromatic rings. The summed E-state index contributed by atoms with van der Waals surface area (Å²) < 4.78 is 14.7. The van der Waals surface area contributed by atoms with Crippen molar-refractivity contribution in [2.24, 2.45) is 5.84 Å². The second kappa shape index (κ2) is 7.22. The van der Waals surface area contributed by atoms with E-state index in [0.717, 1.165) is 9.37 Å². The van der Waals surface area contributed by atoms with Gasteiger partial charge in [-0.1, -0.05) is 33.6 Å². The van der Waals surface area contributed by atoms with Gasteiger partial charge >= 0.3 is 0 Å². The molecule has 0 aliphatic rings. The molecule has 0 heterocycles. The topological polar surface area (TPSA) is 38.0 Å². The van der Waals surface area contributed by atoms with E-state index in [9.17, 15) is 4.39 Å². The summed E-state index contributed by atoms with van der Waals surface area (Å²) in [5.41, 5.74) is 4.48. The number of aryl methyl sites for hydroxylation is 1. The van der Waals surface area contributed by atoms with Gasteiger partial charge in [0.15, 0.2) is 0 Å². The molecule has 0 spiro atoms. The van der Waals surface area contributed by atoms with Gasteiger partial charge in [-0.2, -0.15) is 0 Å². The van der Waals surface area contributed by atoms with E-state index in [0.29, 0.717) is 11.3 Å². The van der Waals surface area contributed by atoms with Crippen LogP contribution in [0.15, 0.2) is 51.8 Å². The molecule has 2 rings (SSSR count). The summed E-state index contributed by atoms with van der Waals surface area (Å²) in [6.07, 6.45) is 0. The fourth-order valence-electron chi connectivity index (χ4n) is 1.82. The molecule has 0 bridgehead atoms. The van der Waals surface area contributed by atoms with Gasteiger partial charge < -0.3 is 0 Å². The fraction of sp³-hybridized carbons (Fsp3) is 0.200. The zero-order valence-corrected chi connectivity index (χ0v) is 13.5. The largest absolute Gasteiger partial charge is 0.271 e. The maximum atomic E-state index is 13.9. The standard InChI is InChI=1S/C15H16BrFN2S/c1-10-2-5-12(6-3-10)20-9-15(19-18)13-8-11(16)4-7-14(13)17/h2-8,15,19H,9,18H2,1H3. The summed E-state index contributed by atoms with van der Waals surface area (Å²) in [6, 6.07) is 12.9. The van der Waals surface area contributed by atoms with Gasteiger partial charge in [-0.15, -0.1) is 11.8 Å². The molecular weight excluding hydrogens is 339 g/mol. The van der Waals surface area contributed by atoms with E-state index >= 15 is 0 Å². The zero-order chi connectivity index (χ0) is 14.5. The molecule has 106 valence electrons. The predicted molar refractivity (Wildman–Crippen MR) is 86.1 cm³/mol. The maximum absolute atomic E-state index is 13.9. The Morgan fingerprint density at radius 2 is 1.95 bits per heavy atom. The van der Waals surface area contributed by atoms with Gasteiger partial charge in [0.2, 0.25) is 0 Å². The molecule has 0 aliphatic carbocycles. The summed E-state index contributed by atoms with van der Waals surface area (Å²) in [5, 5.41) is 0. The van der Waals surface area contributed by atoms with Crippen molar-refractivity contribution in [1.29, 1.82) is 0 Å². The minimum absolute atomic E-state index is 0.237. The van der Waals surface area contributed by atoms with Gasteiger partial charge in [0, 0.05) is 20.7 Å². The molecule has 2 aromatic carbocycles. The first-order valence-electron chi connectivity index (χ1n) is 6.20. The highest BCUT2D eigenvalue weighted by Gasteiger charge is 2.15. The lowest BCUT2D eigenvalue weighted by Crippen LogP contribution is -2.30. The smallest absolute Gasteiger partial charge is 0.128 e. The molecule has 0 aliphatic heterocycles. The van der Waals surface area contributed by atoms with Gasteiger partial charge in [0.1, 0.15) is 5.82 Å². The molecule has 5 heteroatoms. The van der Waals surface area contributed by atoms with Crippen molar-refractivity contribution in [3.05, 3.63) is 63.9 Å². The Balaban J connectivity index is 2.09. The second-order valence-electron chi connectivity index (χ2n) is 4.51. The molecule has 1 unspecified atom stereocenters. The van der Waals surface area contributed by atoms with E-state index < -0.39 is 0 Å². The number of hydrogen-bond acceptors (Lipinski definition) is 3. The minimum Gasteiger partial charge on any atom is -0.271 e. The molecule has 0 saturated heterocycles. The van der Waals surface area contributed by atoms with Crippen LogP contribution in [0.25, 0.3) is 0 Å². The van der Waals surface area contributed by atoms with Crippen LogP contribution in [0.5, 0.6) is 0 Å². The van der Waals surface area contributed by atoms with Crippen LogP contribution in [0.3, 0.4) is 0 Å². The van der Waals surface area contributed by atoms with Crippen LogP contribution in [0, 0.1) is 12.7 Å². The van der Waals surface area contributed by atoms with Crippen molar-refractivity contribution >= 4 is 27.7 Å². The fourth-order valence-corrected chi connectivity index (χ4v) is 3.17. The third-order valence-corrected chi connectivity index (χ3v) is 4.57. The summed E-state index contributed by atoms with van der Waals surface area (Å²) in [7, 11) is 0. The monoisotopic (exact) mass is 354 g/mol. The third-order valence-electron chi connectivity index (χ3n) is 2.97. The number of rotatable bonds is 5. The molecular formula is C15H16BrFN2S. The Kier molecular flexibility index (Phi) is 5.60. The van der Waals surface area contributed by atoms with Crippen LogP contribution >= 0.6 is 27.7 Å². The van der Waals surface area contributed by atoms with Crippen molar-refractivity contribution < 1.29 is 4.39 Å². The Morgan fingerprint density at radius 1 is 1.25 bits per heavy atom. The number of halogens is 2. The number of benzene rings is 2. The molecule has 0 fully saturated rings. The third kappa shape index (κ3) is 4.06. The molecule has 0 aromatic heterocycles. The minimum atomic E-state index is -0.249. The van der Waals surface area contributed by atoms with Gasteiger partial charge in [0.05, 0.1) is 6.04 Å². The number of hydrogen-bond donors (Lipinski definition) is 2. The van der Waals surface area contributed by atoms with Gasteiger partial charge in [-0.25, -0.2) is 4.39 Å². The molecule has 1 atom stereocenters. The van der Waals surface area contributed by atoms with Crippen molar-refractivity contribution in [3.63, 3.8) is 0 Å². The first-order valence-corrected chi connectivity index (χ1v) is 7.98. The van der Waals surface area contributed by atoms with Crippen molar-refractivity contribution in [2.45, 2.75) is 17.9 Å². The van der Waals surface area contributed by atoms with E-state index in [1.54, 1.807) is 23.9 Å². The van der Waals surface area contributed by atoms with Crippen LogP contribution in [0.4, 0.5) is 4.39 Å². The van der Waals surface area contributed by atoms with E-state index in [1.165, 1.54) is 11.6 Å². The van der Waals surface area contributed by atoms with E-state index in [4.69, 9.17) is 5.84 Å². The van der Waals surface area contributed by atoms with Crippen LogP contribution in [0.2, 0.25) is 0 Å². The molecule has 0 radical (unpaired) electrons. The lowest BCUT2D eigenvalue weighted by Gasteiger charge is -2.17. The number of hydrazine groups is 1. The molecule has 20 heavy (non-hydrogen) atoms. The van der Waals surface area contributed by atoms with Crippen molar-refractivity contribution in [3.8, 4) is 0 Å². The van der Waals surface area contributed by atoms with E-state index in [2.05, 4.69) is 52.5 Å². The van der Waals surface area contributed by atoms with Crippen LogP contribution in [-0.4, -0.2) is 5.75 Å². The number of nitrogens with one attached hydrogen (secondary N) is 1. The SMILES string of the molecule is Cc1ccc(SCC(NN)c2cc(Br)ccc2F)cc1. The highest BCUT2D eigenvalue weighted by Crippen LogP contribution is 2.27. The maximum Gasteiger partial charge on any atom is 0.128 e. The average Bonchev–Trinajstić information content (AvgIpc) is 2.45. The zero-order valence-electron chi connectivity index (χ0n) is 11.1. The summed E-state index contributed by atoms with van der Waals surface area (Å²) >= 11 is 5.00. The van der Waals surface area contributed by atoms with E-state index in [-0.39, 0.29) is 11.9 Å². The van der Waals surface area contributed by atoms with Gasteiger partial charge in [-0.3, -0.25) is 11.3 Å². The quantitative estimate of drug-likeness (QED) is 0.480. The Morgan fingerprint density at radius 3 is 2.60 bits per heavy atom. The second-order valence-corrected chi connectivity index (χ2v) is 6.52. The lowest BCUT2D eigenvalue weighted by atomic mass is 10.1. The summed E-state index contributed by atoms with van der Waals surface area (Å²) in [6.45, 7) is 2.05. The summed E-state index contributed by atoms with van der Waals surface area (Å²) in [4.78, 5) is 1.14. The number of thioether (sulfide) groups is 1. The first-order chi connectivity index (χ1) is 9.60. The Bertz CT molecular complexity index is 575. The highest BCUT2D eigenvalue weighted by molar-refractivity contribution is 9.10. The molecule has 3 N–H and O–H groups in total. The first kappa shape index (κ1) is 15.5. The average molecular weight is 355 g/mol. The molecule has 2 nitrogen and oxygen atoms in total. The van der Waals surface area contributed by atoms with Crippen molar-refractivity contribution in [2.75, 3.05) is 5.75 Å². The van der Waals surface area contributed by atoms with Gasteiger partial charge in [0.25, 0.3) is 0 Å². The Labute approximate surface area is 131 Å². The normalized spacial score (nSPS) is 12.4. The molecule has 0 amide bonds. The predicted octanol–water partition coefficient (Wildman–Crippen LogP) is 4.19. The van der Waals surface area contributed by atoms with Gasteiger partial charge in [-0.05, 0) is 37.3 Å². The number of nitrogens with two attached hydrogens (primary N) is 1. The summed E-state index contributed by atoms with van der Waals surface area (Å²) in [5.74, 6) is 5.98. The van der Waals surface area contributed by atoms with Crippen LogP contribution in [-0.2, 0) is 0 Å². The van der Waals surface area contributed by atoms with Crippen LogP contribution in [0.1, 0.15) is 17.2 Å². The Hall–Kier alpha value is -0.880.